The van der Waals surface area contributed by atoms with Crippen molar-refractivity contribution < 1.29 is 17.2 Å². The van der Waals surface area contributed by atoms with Gasteiger partial charge in [0.05, 0.1) is 11.5 Å². The molecule has 0 amide bonds. The monoisotopic (exact) mass is 212 g/mol. The highest BCUT2D eigenvalue weighted by Gasteiger charge is 2.48. The molecular formula is C6H10F2N2O2S. The highest BCUT2D eigenvalue weighted by Crippen LogP contribution is 2.33. The van der Waals surface area contributed by atoms with Crippen molar-refractivity contribution in [1.29, 1.82) is 5.41 Å². The average Bonchev–Trinajstić information content (AvgIpc) is 2.30. The zero-order valence-electron chi connectivity index (χ0n) is 6.76. The fraction of sp³-hybridized carbons (Fsp3) is 0.833. The highest BCUT2D eigenvalue weighted by atomic mass is 32.2. The molecule has 1 unspecified atom stereocenters. The summed E-state index contributed by atoms with van der Waals surface area (Å²) in [6, 6.07) is 0. The van der Waals surface area contributed by atoms with Gasteiger partial charge >= 0.3 is 5.92 Å². The Morgan fingerprint density at radius 3 is 2.38 bits per heavy atom. The lowest BCUT2D eigenvalue weighted by Gasteiger charge is -2.19. The van der Waals surface area contributed by atoms with E-state index >= 15 is 0 Å². The minimum absolute atomic E-state index is 0.116. The summed E-state index contributed by atoms with van der Waals surface area (Å²) in [5.41, 5.74) is 4.68. The topological polar surface area (TPSA) is 84.0 Å². The molecule has 76 valence electrons. The molecule has 0 aromatic carbocycles. The Morgan fingerprint density at radius 2 is 2.08 bits per heavy atom. The van der Waals surface area contributed by atoms with E-state index in [0.717, 1.165) is 0 Å². The Bertz CT molecular complexity index is 326. The summed E-state index contributed by atoms with van der Waals surface area (Å²) < 4.78 is 47.7. The Labute approximate surface area is 74.5 Å². The zero-order valence-corrected chi connectivity index (χ0v) is 7.57. The summed E-state index contributed by atoms with van der Waals surface area (Å²) in [6.45, 7) is 0. The fourth-order valence-corrected chi connectivity index (χ4v) is 3.10. The lowest BCUT2D eigenvalue weighted by atomic mass is 10.0. The normalized spacial score (nSPS) is 27.4. The van der Waals surface area contributed by atoms with Gasteiger partial charge < -0.3 is 5.73 Å². The van der Waals surface area contributed by atoms with Gasteiger partial charge in [-0.1, -0.05) is 0 Å². The van der Waals surface area contributed by atoms with E-state index in [2.05, 4.69) is 5.73 Å². The molecular weight excluding hydrogens is 202 g/mol. The first kappa shape index (κ1) is 10.4. The molecule has 0 saturated carbocycles. The molecule has 0 spiro atoms. The number of nitrogens with one attached hydrogen (secondary N) is 1. The average molecular weight is 212 g/mol. The van der Waals surface area contributed by atoms with Crippen molar-refractivity contribution in [2.24, 2.45) is 11.7 Å². The number of amidine groups is 1. The van der Waals surface area contributed by atoms with E-state index in [9.17, 15) is 17.2 Å². The van der Waals surface area contributed by atoms with E-state index in [1.807, 2.05) is 0 Å². The van der Waals surface area contributed by atoms with Crippen LogP contribution in [0.2, 0.25) is 0 Å². The van der Waals surface area contributed by atoms with Crippen LogP contribution >= 0.6 is 0 Å². The maximum Gasteiger partial charge on any atom is 0.307 e. The predicted octanol–water partition coefficient (Wildman–Crippen LogP) is -0.00763. The SMILES string of the molecule is N=C(N)C(F)(F)C1CCS(=O)(=O)C1. The van der Waals surface area contributed by atoms with Crippen molar-refractivity contribution in [3.05, 3.63) is 0 Å². The van der Waals surface area contributed by atoms with Gasteiger partial charge in [-0.2, -0.15) is 8.78 Å². The fourth-order valence-electron chi connectivity index (χ4n) is 1.30. The molecule has 4 nitrogen and oxygen atoms in total. The first-order valence-electron chi connectivity index (χ1n) is 3.68. The first-order valence-corrected chi connectivity index (χ1v) is 5.50. The van der Waals surface area contributed by atoms with Crippen molar-refractivity contribution in [1.82, 2.24) is 0 Å². The molecule has 0 aromatic heterocycles. The summed E-state index contributed by atoms with van der Waals surface area (Å²) in [5.74, 6) is -6.87. The van der Waals surface area contributed by atoms with Gasteiger partial charge in [-0.3, -0.25) is 5.41 Å². The molecule has 1 heterocycles. The third kappa shape index (κ3) is 1.96. The maximum absolute atomic E-state index is 13.0. The molecule has 0 aliphatic carbocycles. The third-order valence-electron chi connectivity index (χ3n) is 2.10. The number of rotatable bonds is 2. The molecule has 1 rings (SSSR count). The van der Waals surface area contributed by atoms with Crippen LogP contribution < -0.4 is 5.73 Å². The van der Waals surface area contributed by atoms with Crippen LogP contribution in [0.4, 0.5) is 8.78 Å². The van der Waals surface area contributed by atoms with Gasteiger partial charge in [0.2, 0.25) is 0 Å². The van der Waals surface area contributed by atoms with Gasteiger partial charge in [-0.25, -0.2) is 8.42 Å². The van der Waals surface area contributed by atoms with Crippen molar-refractivity contribution in [3.8, 4) is 0 Å². The van der Waals surface area contributed by atoms with E-state index in [1.165, 1.54) is 0 Å². The largest absolute Gasteiger partial charge is 0.383 e. The Kier molecular flexibility index (Phi) is 2.31. The standard InChI is InChI=1S/C6H10F2N2O2S/c7-6(8,5(9)10)4-1-2-13(11,12)3-4/h4H,1-3H2,(H3,9,10). The smallest absolute Gasteiger partial charge is 0.307 e. The number of halogens is 2. The molecule has 3 N–H and O–H groups in total. The summed E-state index contributed by atoms with van der Waals surface area (Å²) in [5, 5.41) is 6.62. The van der Waals surface area contributed by atoms with Crippen LogP contribution in [0.3, 0.4) is 0 Å². The minimum Gasteiger partial charge on any atom is -0.383 e. The van der Waals surface area contributed by atoms with Crippen molar-refractivity contribution >= 4 is 15.7 Å². The number of nitrogens with two attached hydrogens (primary N) is 1. The molecule has 1 saturated heterocycles. The van der Waals surface area contributed by atoms with E-state index in [-0.39, 0.29) is 12.2 Å². The second kappa shape index (κ2) is 2.90. The molecule has 1 atom stereocenters. The molecule has 13 heavy (non-hydrogen) atoms. The number of hydrogen-bond acceptors (Lipinski definition) is 3. The second-order valence-corrected chi connectivity index (χ2v) is 5.37. The summed E-state index contributed by atoms with van der Waals surface area (Å²) in [6.07, 6.45) is -0.116. The minimum atomic E-state index is -3.48. The first-order chi connectivity index (χ1) is 5.76. The Hall–Kier alpha value is -0.720. The maximum atomic E-state index is 13.0. The second-order valence-electron chi connectivity index (χ2n) is 3.14. The van der Waals surface area contributed by atoms with Gasteiger partial charge in [-0.05, 0) is 6.42 Å². The van der Waals surface area contributed by atoms with E-state index in [1.54, 1.807) is 0 Å². The quantitative estimate of drug-likeness (QED) is 0.499. The van der Waals surface area contributed by atoms with Gasteiger partial charge in [-0.15, -0.1) is 0 Å². The molecule has 0 bridgehead atoms. The van der Waals surface area contributed by atoms with Crippen LogP contribution in [0.5, 0.6) is 0 Å². The van der Waals surface area contributed by atoms with E-state index in [0.29, 0.717) is 0 Å². The van der Waals surface area contributed by atoms with Crippen LogP contribution in [0, 0.1) is 11.3 Å². The van der Waals surface area contributed by atoms with Crippen LogP contribution in [-0.4, -0.2) is 31.7 Å². The lowest BCUT2D eigenvalue weighted by molar-refractivity contribution is 0.0211. The molecule has 0 radical (unpaired) electrons. The number of sulfone groups is 1. The van der Waals surface area contributed by atoms with Gasteiger partial charge in [0.25, 0.3) is 0 Å². The van der Waals surface area contributed by atoms with Crippen molar-refractivity contribution in [2.75, 3.05) is 11.5 Å². The Balaban J connectivity index is 2.82. The zero-order chi connectivity index (χ0) is 10.3. The molecule has 1 fully saturated rings. The lowest BCUT2D eigenvalue weighted by Crippen LogP contribution is -2.42. The summed E-state index contributed by atoms with van der Waals surface area (Å²) in [7, 11) is -3.34. The molecule has 0 aromatic rings. The van der Waals surface area contributed by atoms with Gasteiger partial charge in [0.1, 0.15) is 0 Å². The van der Waals surface area contributed by atoms with Gasteiger partial charge in [0, 0.05) is 5.92 Å². The number of alkyl halides is 2. The highest BCUT2D eigenvalue weighted by molar-refractivity contribution is 7.91. The van der Waals surface area contributed by atoms with E-state index < -0.39 is 33.3 Å². The number of hydrogen-bond donors (Lipinski definition) is 2. The van der Waals surface area contributed by atoms with Crippen LogP contribution in [0.1, 0.15) is 6.42 Å². The summed E-state index contributed by atoms with van der Waals surface area (Å²) in [4.78, 5) is 0. The van der Waals surface area contributed by atoms with Crippen molar-refractivity contribution in [3.63, 3.8) is 0 Å². The molecule has 1 aliphatic rings. The van der Waals surface area contributed by atoms with Gasteiger partial charge in [0.15, 0.2) is 15.7 Å². The Morgan fingerprint density at radius 1 is 1.54 bits per heavy atom. The predicted molar refractivity (Wildman–Crippen MR) is 43.6 cm³/mol. The van der Waals surface area contributed by atoms with Crippen LogP contribution in [0.25, 0.3) is 0 Å². The van der Waals surface area contributed by atoms with E-state index in [4.69, 9.17) is 5.41 Å². The molecule has 7 heteroatoms. The molecule has 1 aliphatic heterocycles. The summed E-state index contributed by atoms with van der Waals surface area (Å²) >= 11 is 0. The van der Waals surface area contributed by atoms with Crippen LogP contribution in [0.15, 0.2) is 0 Å². The van der Waals surface area contributed by atoms with Crippen LogP contribution in [-0.2, 0) is 9.84 Å². The third-order valence-corrected chi connectivity index (χ3v) is 3.87. The van der Waals surface area contributed by atoms with Crippen molar-refractivity contribution in [2.45, 2.75) is 12.3 Å².